The molecule has 5 heteroatoms. The summed E-state index contributed by atoms with van der Waals surface area (Å²) in [4.78, 5) is 4.40. The quantitative estimate of drug-likeness (QED) is 0.586. The van der Waals surface area contributed by atoms with Gasteiger partial charge in [0.05, 0.1) is 19.3 Å². The standard InChI is InChI=1S/C23H31N3O2/c1-16-10-11-21(27-4)20(14-16)17(2)26-23(24-3)25-15-19-12-13-28-22(19)18-8-6-5-7-9-18/h5-11,14,17,19,22H,12-13,15H2,1-4H3,(H2,24,25,26). The van der Waals surface area contributed by atoms with E-state index in [9.17, 15) is 0 Å². The smallest absolute Gasteiger partial charge is 0.191 e. The Labute approximate surface area is 168 Å². The van der Waals surface area contributed by atoms with Crippen LogP contribution in [0.15, 0.2) is 53.5 Å². The lowest BCUT2D eigenvalue weighted by molar-refractivity contribution is 0.0915. The summed E-state index contributed by atoms with van der Waals surface area (Å²) in [5.74, 6) is 2.09. The first kappa shape index (κ1) is 20.2. The van der Waals surface area contributed by atoms with E-state index in [2.05, 4.69) is 65.9 Å². The molecule has 0 aliphatic carbocycles. The van der Waals surface area contributed by atoms with Crippen LogP contribution in [0.1, 0.15) is 42.2 Å². The highest BCUT2D eigenvalue weighted by molar-refractivity contribution is 5.80. The minimum Gasteiger partial charge on any atom is -0.496 e. The van der Waals surface area contributed by atoms with E-state index < -0.39 is 0 Å². The van der Waals surface area contributed by atoms with Gasteiger partial charge in [-0.1, -0.05) is 48.0 Å². The van der Waals surface area contributed by atoms with Crippen LogP contribution in [0.4, 0.5) is 0 Å². The highest BCUT2D eigenvalue weighted by atomic mass is 16.5. The Bertz CT molecular complexity index is 792. The van der Waals surface area contributed by atoms with Crippen LogP contribution in [-0.4, -0.2) is 33.3 Å². The maximum absolute atomic E-state index is 5.99. The van der Waals surface area contributed by atoms with Crippen LogP contribution in [0.5, 0.6) is 5.75 Å². The molecule has 0 saturated carbocycles. The van der Waals surface area contributed by atoms with Gasteiger partial charge in [-0.2, -0.15) is 0 Å². The van der Waals surface area contributed by atoms with Gasteiger partial charge in [-0.15, -0.1) is 0 Å². The molecule has 1 fully saturated rings. The van der Waals surface area contributed by atoms with Crippen LogP contribution in [0, 0.1) is 12.8 Å². The molecule has 3 atom stereocenters. The van der Waals surface area contributed by atoms with E-state index in [4.69, 9.17) is 9.47 Å². The topological polar surface area (TPSA) is 54.9 Å². The number of benzene rings is 2. The molecule has 1 saturated heterocycles. The van der Waals surface area contributed by atoms with E-state index in [1.807, 2.05) is 12.1 Å². The highest BCUT2D eigenvalue weighted by Crippen LogP contribution is 2.34. The summed E-state index contributed by atoms with van der Waals surface area (Å²) in [6, 6.07) is 16.8. The minimum atomic E-state index is 0.0748. The van der Waals surface area contributed by atoms with Gasteiger partial charge in [-0.3, -0.25) is 4.99 Å². The molecular formula is C23H31N3O2. The van der Waals surface area contributed by atoms with E-state index in [1.165, 1.54) is 11.1 Å². The maximum Gasteiger partial charge on any atom is 0.191 e. The molecule has 3 rings (SSSR count). The Morgan fingerprint density at radius 2 is 2.04 bits per heavy atom. The molecule has 2 aromatic rings. The summed E-state index contributed by atoms with van der Waals surface area (Å²) in [6.07, 6.45) is 1.19. The number of aliphatic imine (C=N–C) groups is 1. The number of nitrogens with one attached hydrogen (secondary N) is 2. The fourth-order valence-corrected chi connectivity index (χ4v) is 3.75. The number of aryl methyl sites for hydroxylation is 1. The first-order valence-electron chi connectivity index (χ1n) is 9.90. The first-order valence-corrected chi connectivity index (χ1v) is 9.90. The van der Waals surface area contributed by atoms with E-state index >= 15 is 0 Å². The summed E-state index contributed by atoms with van der Waals surface area (Å²) in [7, 11) is 3.51. The summed E-state index contributed by atoms with van der Waals surface area (Å²) in [6.45, 7) is 5.83. The number of hydrogen-bond donors (Lipinski definition) is 2. The van der Waals surface area contributed by atoms with Crippen LogP contribution in [0.2, 0.25) is 0 Å². The lowest BCUT2D eigenvalue weighted by atomic mass is 9.95. The molecular weight excluding hydrogens is 350 g/mol. The fourth-order valence-electron chi connectivity index (χ4n) is 3.75. The van der Waals surface area contributed by atoms with Crippen LogP contribution in [0.25, 0.3) is 0 Å². The van der Waals surface area contributed by atoms with E-state index in [-0.39, 0.29) is 12.1 Å². The number of methoxy groups -OCH3 is 1. The zero-order valence-electron chi connectivity index (χ0n) is 17.2. The number of hydrogen-bond acceptors (Lipinski definition) is 3. The Morgan fingerprint density at radius 3 is 2.75 bits per heavy atom. The SMILES string of the molecule is CN=C(NCC1CCOC1c1ccccc1)NC(C)c1cc(C)ccc1OC. The predicted molar refractivity (Wildman–Crippen MR) is 114 cm³/mol. The number of guanidine groups is 1. The Morgan fingerprint density at radius 1 is 1.25 bits per heavy atom. The first-order chi connectivity index (χ1) is 13.6. The van der Waals surface area contributed by atoms with Gasteiger partial charge in [0.15, 0.2) is 5.96 Å². The largest absolute Gasteiger partial charge is 0.496 e. The fraction of sp³-hybridized carbons (Fsp3) is 0.435. The minimum absolute atomic E-state index is 0.0748. The lowest BCUT2D eigenvalue weighted by Crippen LogP contribution is -2.41. The average Bonchev–Trinajstić information content (AvgIpc) is 3.20. The Balaban J connectivity index is 1.61. The highest BCUT2D eigenvalue weighted by Gasteiger charge is 2.29. The van der Waals surface area contributed by atoms with Gasteiger partial charge >= 0.3 is 0 Å². The molecule has 1 aliphatic rings. The van der Waals surface area contributed by atoms with Crippen molar-refractivity contribution in [1.29, 1.82) is 0 Å². The third-order valence-corrected chi connectivity index (χ3v) is 5.30. The summed E-state index contributed by atoms with van der Waals surface area (Å²) in [5, 5.41) is 6.96. The molecule has 5 nitrogen and oxygen atoms in total. The van der Waals surface area contributed by atoms with Gasteiger partial charge in [0.25, 0.3) is 0 Å². The molecule has 3 unspecified atom stereocenters. The molecule has 0 aromatic heterocycles. The van der Waals surface area contributed by atoms with E-state index in [0.29, 0.717) is 5.92 Å². The van der Waals surface area contributed by atoms with Crippen molar-refractivity contribution < 1.29 is 9.47 Å². The second-order valence-corrected chi connectivity index (χ2v) is 7.32. The number of ether oxygens (including phenoxy) is 2. The molecule has 1 aliphatic heterocycles. The average molecular weight is 382 g/mol. The molecule has 0 spiro atoms. The van der Waals surface area contributed by atoms with Crippen molar-refractivity contribution in [2.24, 2.45) is 10.9 Å². The van der Waals surface area contributed by atoms with Gasteiger partial charge in [0.2, 0.25) is 0 Å². The second-order valence-electron chi connectivity index (χ2n) is 7.32. The van der Waals surface area contributed by atoms with Crippen molar-refractivity contribution in [3.63, 3.8) is 0 Å². The van der Waals surface area contributed by atoms with Crippen molar-refractivity contribution >= 4 is 5.96 Å². The Kier molecular flexibility index (Phi) is 6.93. The summed E-state index contributed by atoms with van der Waals surface area (Å²) in [5.41, 5.74) is 3.57. The van der Waals surface area contributed by atoms with Crippen LogP contribution < -0.4 is 15.4 Å². The van der Waals surface area contributed by atoms with Gasteiger partial charge in [0.1, 0.15) is 5.75 Å². The lowest BCUT2D eigenvalue weighted by Gasteiger charge is -2.23. The van der Waals surface area contributed by atoms with Crippen molar-refractivity contribution in [3.8, 4) is 5.75 Å². The second kappa shape index (κ2) is 9.60. The number of nitrogens with zero attached hydrogens (tertiary/aromatic N) is 1. The van der Waals surface area contributed by atoms with E-state index in [1.54, 1.807) is 14.2 Å². The van der Waals surface area contributed by atoms with Crippen molar-refractivity contribution in [2.45, 2.75) is 32.4 Å². The molecule has 0 amide bonds. The molecule has 2 N–H and O–H groups in total. The molecule has 1 heterocycles. The normalized spacial score (nSPS) is 20.6. The molecule has 28 heavy (non-hydrogen) atoms. The van der Waals surface area contributed by atoms with Gasteiger partial charge in [0, 0.05) is 31.7 Å². The van der Waals surface area contributed by atoms with Gasteiger partial charge < -0.3 is 20.1 Å². The third-order valence-electron chi connectivity index (χ3n) is 5.30. The summed E-state index contributed by atoms with van der Waals surface area (Å²) < 4.78 is 11.5. The van der Waals surface area contributed by atoms with Gasteiger partial charge in [-0.25, -0.2) is 0 Å². The van der Waals surface area contributed by atoms with Crippen LogP contribution in [0.3, 0.4) is 0 Å². The molecule has 150 valence electrons. The van der Waals surface area contributed by atoms with Crippen molar-refractivity contribution in [2.75, 3.05) is 27.3 Å². The number of rotatable bonds is 6. The maximum atomic E-state index is 5.99. The van der Waals surface area contributed by atoms with Crippen molar-refractivity contribution in [3.05, 3.63) is 65.2 Å². The molecule has 2 aromatic carbocycles. The van der Waals surface area contributed by atoms with Crippen LogP contribution >= 0.6 is 0 Å². The summed E-state index contributed by atoms with van der Waals surface area (Å²) >= 11 is 0. The van der Waals surface area contributed by atoms with Crippen LogP contribution in [-0.2, 0) is 4.74 Å². The van der Waals surface area contributed by atoms with E-state index in [0.717, 1.165) is 36.8 Å². The van der Waals surface area contributed by atoms with Gasteiger partial charge in [-0.05, 0) is 31.9 Å². The predicted octanol–water partition coefficient (Wildman–Crippen LogP) is 4.01. The zero-order chi connectivity index (χ0) is 19.9. The van der Waals surface area contributed by atoms with Crippen molar-refractivity contribution in [1.82, 2.24) is 10.6 Å². The monoisotopic (exact) mass is 381 g/mol. The zero-order valence-corrected chi connectivity index (χ0v) is 17.2. The third kappa shape index (κ3) is 4.84. The Hall–Kier alpha value is -2.53. The molecule has 0 bridgehead atoms. The molecule has 0 radical (unpaired) electrons.